The first-order valence-electron chi connectivity index (χ1n) is 4.37. The molecule has 0 aromatic carbocycles. The van der Waals surface area contributed by atoms with E-state index in [0.717, 1.165) is 19.3 Å². The minimum atomic E-state index is 0.279. The number of hydrogen-bond acceptors (Lipinski definition) is 1. The number of fused-ring (bicyclic) bond motifs is 1. The largest absolute Gasteiger partial charge is 0.295 e. The van der Waals surface area contributed by atoms with Crippen LogP contribution in [0.1, 0.15) is 39.5 Å². The van der Waals surface area contributed by atoms with Gasteiger partial charge in [-0.2, -0.15) is 0 Å². The predicted molar refractivity (Wildman–Crippen MR) is 44.3 cm³/mol. The second-order valence-corrected chi connectivity index (χ2v) is 4.14. The van der Waals surface area contributed by atoms with E-state index < -0.39 is 0 Å². The van der Waals surface area contributed by atoms with Crippen molar-refractivity contribution in [2.75, 3.05) is 0 Å². The predicted octanol–water partition coefficient (Wildman–Crippen LogP) is 2.47. The first-order chi connectivity index (χ1) is 5.13. The average Bonchev–Trinajstić information content (AvgIpc) is 2.38. The van der Waals surface area contributed by atoms with Gasteiger partial charge in [-0.25, -0.2) is 0 Å². The van der Waals surface area contributed by atoms with E-state index in [2.05, 4.69) is 13.8 Å². The third-order valence-electron chi connectivity index (χ3n) is 3.26. The summed E-state index contributed by atoms with van der Waals surface area (Å²) >= 11 is 0. The minimum absolute atomic E-state index is 0.279. The van der Waals surface area contributed by atoms with E-state index in [9.17, 15) is 4.79 Å². The van der Waals surface area contributed by atoms with Gasteiger partial charge in [-0.3, -0.25) is 4.79 Å². The fourth-order valence-corrected chi connectivity index (χ4v) is 2.57. The van der Waals surface area contributed by atoms with Crippen LogP contribution in [-0.2, 0) is 4.79 Å². The number of allylic oxidation sites excluding steroid dienone is 2. The van der Waals surface area contributed by atoms with Crippen molar-refractivity contribution in [3.05, 3.63) is 11.1 Å². The highest BCUT2D eigenvalue weighted by Crippen LogP contribution is 2.51. The van der Waals surface area contributed by atoms with Crippen molar-refractivity contribution in [3.8, 4) is 0 Å². The number of rotatable bonds is 0. The lowest BCUT2D eigenvalue weighted by molar-refractivity contribution is -0.114. The molecular formula is C10H14O. The number of carbonyl (C=O) groups excluding carboxylic acids is 1. The Morgan fingerprint density at radius 2 is 1.91 bits per heavy atom. The fraction of sp³-hybridized carbons (Fsp3) is 0.700. The number of Topliss-reactive ketones (excluding diaryl/α,β-unsaturated/α-hetero) is 1. The van der Waals surface area contributed by atoms with Gasteiger partial charge in [-0.15, -0.1) is 0 Å². The smallest absolute Gasteiger partial charge is 0.159 e. The van der Waals surface area contributed by atoms with Crippen LogP contribution >= 0.6 is 0 Å². The molecular weight excluding hydrogens is 136 g/mol. The minimum Gasteiger partial charge on any atom is -0.295 e. The lowest BCUT2D eigenvalue weighted by Gasteiger charge is -2.18. The number of carbonyl (C=O) groups is 1. The zero-order valence-electron chi connectivity index (χ0n) is 7.24. The Hall–Kier alpha value is -0.590. The van der Waals surface area contributed by atoms with E-state index in [-0.39, 0.29) is 5.41 Å². The average molecular weight is 150 g/mol. The second-order valence-electron chi connectivity index (χ2n) is 4.14. The summed E-state index contributed by atoms with van der Waals surface area (Å²) in [6, 6.07) is 0. The molecule has 1 fully saturated rings. The molecule has 1 nitrogen and oxygen atoms in total. The van der Waals surface area contributed by atoms with E-state index in [1.54, 1.807) is 0 Å². The molecule has 0 saturated heterocycles. The molecule has 60 valence electrons. The van der Waals surface area contributed by atoms with E-state index in [1.807, 2.05) is 0 Å². The van der Waals surface area contributed by atoms with Crippen molar-refractivity contribution in [2.24, 2.45) is 5.41 Å². The summed E-state index contributed by atoms with van der Waals surface area (Å²) in [6.07, 6.45) is 4.25. The van der Waals surface area contributed by atoms with Crippen LogP contribution in [0.3, 0.4) is 0 Å². The molecule has 0 radical (unpaired) electrons. The van der Waals surface area contributed by atoms with E-state index in [0.29, 0.717) is 5.78 Å². The monoisotopic (exact) mass is 150 g/mol. The van der Waals surface area contributed by atoms with Gasteiger partial charge in [0.2, 0.25) is 0 Å². The Bertz CT molecular complexity index is 250. The van der Waals surface area contributed by atoms with Crippen LogP contribution in [0.25, 0.3) is 0 Å². The van der Waals surface area contributed by atoms with Crippen LogP contribution in [0.4, 0.5) is 0 Å². The van der Waals surface area contributed by atoms with Gasteiger partial charge in [0.25, 0.3) is 0 Å². The van der Waals surface area contributed by atoms with Gasteiger partial charge in [0.05, 0.1) is 0 Å². The van der Waals surface area contributed by atoms with E-state index in [1.165, 1.54) is 17.6 Å². The molecule has 2 rings (SSSR count). The molecule has 0 bridgehead atoms. The number of hydrogen-bond donors (Lipinski definition) is 0. The lowest BCUT2D eigenvalue weighted by atomic mass is 9.85. The molecule has 0 N–H and O–H groups in total. The van der Waals surface area contributed by atoms with Crippen LogP contribution in [0.5, 0.6) is 0 Å². The Balaban J connectivity index is 2.49. The molecule has 1 heteroatoms. The molecule has 1 atom stereocenters. The number of ketones is 1. The SMILES string of the molecule is CC1=C2C(=O)CC[C@@]2(C)CC1. The van der Waals surface area contributed by atoms with Gasteiger partial charge >= 0.3 is 0 Å². The molecule has 0 spiro atoms. The summed E-state index contributed by atoms with van der Waals surface area (Å²) in [5.74, 6) is 0.419. The molecule has 0 aliphatic heterocycles. The van der Waals surface area contributed by atoms with Crippen LogP contribution in [0.2, 0.25) is 0 Å². The zero-order chi connectivity index (χ0) is 8.06. The van der Waals surface area contributed by atoms with Crippen molar-refractivity contribution in [1.82, 2.24) is 0 Å². The maximum absolute atomic E-state index is 11.4. The van der Waals surface area contributed by atoms with Crippen LogP contribution in [-0.4, -0.2) is 5.78 Å². The van der Waals surface area contributed by atoms with Crippen molar-refractivity contribution in [1.29, 1.82) is 0 Å². The highest BCUT2D eigenvalue weighted by molar-refractivity contribution is 6.00. The van der Waals surface area contributed by atoms with Gasteiger partial charge in [-0.1, -0.05) is 12.5 Å². The molecule has 2 aliphatic rings. The van der Waals surface area contributed by atoms with E-state index >= 15 is 0 Å². The van der Waals surface area contributed by atoms with Crippen molar-refractivity contribution < 1.29 is 4.79 Å². The summed E-state index contributed by atoms with van der Waals surface area (Å²) in [7, 11) is 0. The van der Waals surface area contributed by atoms with Crippen LogP contribution < -0.4 is 0 Å². The summed E-state index contributed by atoms with van der Waals surface area (Å²) < 4.78 is 0. The second kappa shape index (κ2) is 1.96. The van der Waals surface area contributed by atoms with Crippen molar-refractivity contribution in [3.63, 3.8) is 0 Å². The molecule has 0 aromatic rings. The van der Waals surface area contributed by atoms with Gasteiger partial charge in [0, 0.05) is 6.42 Å². The van der Waals surface area contributed by atoms with Crippen molar-refractivity contribution in [2.45, 2.75) is 39.5 Å². The standard InChI is InChI=1S/C10H14O/c1-7-3-5-10(2)6-4-8(11)9(7)10/h3-6H2,1-2H3/t10-/m1/s1. The normalized spacial score (nSPS) is 36.7. The maximum atomic E-state index is 11.4. The third-order valence-corrected chi connectivity index (χ3v) is 3.26. The van der Waals surface area contributed by atoms with Gasteiger partial charge < -0.3 is 0 Å². The molecule has 1 saturated carbocycles. The lowest BCUT2D eigenvalue weighted by Crippen LogP contribution is -2.10. The Morgan fingerprint density at radius 1 is 1.27 bits per heavy atom. The molecule has 11 heavy (non-hydrogen) atoms. The summed E-state index contributed by atoms with van der Waals surface area (Å²) in [5.41, 5.74) is 2.81. The summed E-state index contributed by atoms with van der Waals surface area (Å²) in [6.45, 7) is 4.35. The highest BCUT2D eigenvalue weighted by atomic mass is 16.1. The van der Waals surface area contributed by atoms with Gasteiger partial charge in [-0.05, 0) is 37.2 Å². The van der Waals surface area contributed by atoms with Gasteiger partial charge in [0.1, 0.15) is 0 Å². The molecule has 2 aliphatic carbocycles. The summed E-state index contributed by atoms with van der Waals surface area (Å²) in [5, 5.41) is 0. The first-order valence-corrected chi connectivity index (χ1v) is 4.37. The van der Waals surface area contributed by atoms with E-state index in [4.69, 9.17) is 0 Å². The van der Waals surface area contributed by atoms with Crippen LogP contribution in [0.15, 0.2) is 11.1 Å². The highest BCUT2D eigenvalue weighted by Gasteiger charge is 2.43. The third kappa shape index (κ3) is 0.800. The first kappa shape index (κ1) is 7.08. The van der Waals surface area contributed by atoms with Crippen molar-refractivity contribution >= 4 is 5.78 Å². The molecule has 0 amide bonds. The Kier molecular flexibility index (Phi) is 1.26. The topological polar surface area (TPSA) is 17.1 Å². The Morgan fingerprint density at radius 3 is 2.55 bits per heavy atom. The van der Waals surface area contributed by atoms with Crippen LogP contribution in [0, 0.1) is 5.41 Å². The summed E-state index contributed by atoms with van der Waals surface area (Å²) in [4.78, 5) is 11.4. The molecule has 0 heterocycles. The molecule has 0 unspecified atom stereocenters. The fourth-order valence-electron chi connectivity index (χ4n) is 2.57. The van der Waals surface area contributed by atoms with Gasteiger partial charge in [0.15, 0.2) is 5.78 Å². The zero-order valence-corrected chi connectivity index (χ0v) is 7.24. The quantitative estimate of drug-likeness (QED) is 0.518. The maximum Gasteiger partial charge on any atom is 0.159 e. The Labute approximate surface area is 67.5 Å². The molecule has 0 aromatic heterocycles.